The summed E-state index contributed by atoms with van der Waals surface area (Å²) in [4.78, 5) is 19.7. The zero-order chi connectivity index (χ0) is 14.3. The fraction of sp³-hybridized carbons (Fsp3) is 0.714. The molecule has 2 aliphatic rings. The molecule has 20 heavy (non-hydrogen) atoms. The summed E-state index contributed by atoms with van der Waals surface area (Å²) in [7, 11) is 0. The van der Waals surface area contributed by atoms with Gasteiger partial charge in [-0.15, -0.1) is 11.3 Å². The van der Waals surface area contributed by atoms with Crippen LogP contribution in [0, 0.1) is 12.8 Å². The number of amides is 1. The van der Waals surface area contributed by atoms with E-state index in [1.54, 1.807) is 11.3 Å². The van der Waals surface area contributed by atoms with Gasteiger partial charge in [0.25, 0.3) is 0 Å². The Bertz CT molecular complexity index is 513. The van der Waals surface area contributed by atoms with Gasteiger partial charge in [-0.3, -0.25) is 4.79 Å². The van der Waals surface area contributed by atoms with E-state index in [-0.39, 0.29) is 11.9 Å². The van der Waals surface area contributed by atoms with Gasteiger partial charge < -0.3 is 16.0 Å². The lowest BCUT2D eigenvalue weighted by Gasteiger charge is -2.41. The zero-order valence-electron chi connectivity index (χ0n) is 12.1. The van der Waals surface area contributed by atoms with Gasteiger partial charge in [-0.1, -0.05) is 0 Å². The average molecular weight is 294 g/mol. The number of thiazole rings is 1. The van der Waals surface area contributed by atoms with Gasteiger partial charge in [0, 0.05) is 36.5 Å². The first kappa shape index (κ1) is 13.8. The fourth-order valence-corrected chi connectivity index (χ4v) is 4.29. The molecule has 3 unspecified atom stereocenters. The number of piperidine rings is 2. The van der Waals surface area contributed by atoms with Gasteiger partial charge in [-0.2, -0.15) is 0 Å². The molecule has 2 fully saturated rings. The van der Waals surface area contributed by atoms with E-state index < -0.39 is 0 Å². The molecule has 1 aromatic heterocycles. The molecule has 2 saturated heterocycles. The van der Waals surface area contributed by atoms with Crippen LogP contribution < -0.4 is 16.0 Å². The van der Waals surface area contributed by atoms with Gasteiger partial charge in [-0.25, -0.2) is 4.98 Å². The molecule has 3 N–H and O–H groups in total. The van der Waals surface area contributed by atoms with Crippen molar-refractivity contribution in [3.8, 4) is 0 Å². The summed E-state index contributed by atoms with van der Waals surface area (Å²) >= 11 is 1.72. The van der Waals surface area contributed by atoms with Crippen molar-refractivity contribution in [1.29, 1.82) is 0 Å². The second-order valence-electron chi connectivity index (χ2n) is 5.94. The SMILES string of the molecule is Cc1nc(N2CCC3NC(=O)CCC3C2)sc1C(C)N. The Morgan fingerprint density at radius 2 is 2.30 bits per heavy atom. The van der Waals surface area contributed by atoms with Gasteiger partial charge >= 0.3 is 0 Å². The largest absolute Gasteiger partial charge is 0.353 e. The summed E-state index contributed by atoms with van der Waals surface area (Å²) in [5.41, 5.74) is 7.04. The van der Waals surface area contributed by atoms with Crippen LogP contribution >= 0.6 is 11.3 Å². The summed E-state index contributed by atoms with van der Waals surface area (Å²) in [6.07, 6.45) is 2.68. The van der Waals surface area contributed by atoms with Crippen molar-refractivity contribution in [2.75, 3.05) is 18.0 Å². The molecule has 0 radical (unpaired) electrons. The van der Waals surface area contributed by atoms with Crippen molar-refractivity contribution >= 4 is 22.4 Å². The minimum absolute atomic E-state index is 0.0488. The Labute approximate surface area is 123 Å². The second-order valence-corrected chi connectivity index (χ2v) is 6.95. The minimum Gasteiger partial charge on any atom is -0.353 e. The van der Waals surface area contributed by atoms with Crippen LogP contribution in [-0.4, -0.2) is 30.0 Å². The molecule has 1 amide bonds. The molecular weight excluding hydrogens is 272 g/mol. The van der Waals surface area contributed by atoms with Crippen LogP contribution in [0.3, 0.4) is 0 Å². The third-order valence-corrected chi connectivity index (χ3v) is 5.75. The molecule has 3 heterocycles. The topological polar surface area (TPSA) is 71.2 Å². The summed E-state index contributed by atoms with van der Waals surface area (Å²) in [5, 5.41) is 4.21. The van der Waals surface area contributed by atoms with E-state index in [0.717, 1.165) is 36.8 Å². The predicted octanol–water partition coefficient (Wildman–Crippen LogP) is 1.58. The van der Waals surface area contributed by atoms with Crippen molar-refractivity contribution < 1.29 is 4.79 Å². The molecule has 2 aliphatic heterocycles. The Morgan fingerprint density at radius 3 is 3.00 bits per heavy atom. The average Bonchev–Trinajstić information content (AvgIpc) is 2.80. The van der Waals surface area contributed by atoms with Crippen LogP contribution in [0.1, 0.15) is 42.8 Å². The van der Waals surface area contributed by atoms with Gasteiger partial charge in [-0.05, 0) is 32.6 Å². The number of hydrogen-bond donors (Lipinski definition) is 2. The van der Waals surface area contributed by atoms with E-state index in [4.69, 9.17) is 5.73 Å². The van der Waals surface area contributed by atoms with Gasteiger partial charge in [0.2, 0.25) is 5.91 Å². The highest BCUT2D eigenvalue weighted by molar-refractivity contribution is 7.15. The number of nitrogens with two attached hydrogens (primary N) is 1. The molecule has 5 nitrogen and oxygen atoms in total. The van der Waals surface area contributed by atoms with Crippen LogP contribution in [0.4, 0.5) is 5.13 Å². The Kier molecular flexibility index (Phi) is 3.69. The normalized spacial score (nSPS) is 27.9. The summed E-state index contributed by atoms with van der Waals surface area (Å²) in [5.74, 6) is 0.772. The molecule has 3 atom stereocenters. The Balaban J connectivity index is 1.73. The molecule has 0 saturated carbocycles. The second kappa shape index (κ2) is 5.33. The summed E-state index contributed by atoms with van der Waals surface area (Å²) < 4.78 is 0. The predicted molar refractivity (Wildman–Crippen MR) is 80.9 cm³/mol. The lowest BCUT2D eigenvalue weighted by atomic mass is 9.85. The summed E-state index contributed by atoms with van der Waals surface area (Å²) in [6.45, 7) is 6.00. The van der Waals surface area contributed by atoms with Crippen molar-refractivity contribution in [3.05, 3.63) is 10.6 Å². The molecule has 6 heteroatoms. The Morgan fingerprint density at radius 1 is 1.50 bits per heavy atom. The zero-order valence-corrected chi connectivity index (χ0v) is 12.9. The van der Waals surface area contributed by atoms with Crippen LogP contribution in [0.15, 0.2) is 0 Å². The van der Waals surface area contributed by atoms with E-state index in [2.05, 4.69) is 15.2 Å². The quantitative estimate of drug-likeness (QED) is 0.868. The number of carbonyl (C=O) groups excluding carboxylic acids is 1. The van der Waals surface area contributed by atoms with Gasteiger partial charge in [0.1, 0.15) is 0 Å². The van der Waals surface area contributed by atoms with E-state index in [0.29, 0.717) is 18.4 Å². The number of nitrogens with zero attached hydrogens (tertiary/aromatic N) is 2. The minimum atomic E-state index is 0.0488. The highest BCUT2D eigenvalue weighted by atomic mass is 32.1. The van der Waals surface area contributed by atoms with Crippen molar-refractivity contribution in [2.24, 2.45) is 11.7 Å². The third kappa shape index (κ3) is 2.54. The van der Waals surface area contributed by atoms with Crippen LogP contribution in [-0.2, 0) is 4.79 Å². The van der Waals surface area contributed by atoms with E-state index in [1.165, 1.54) is 4.88 Å². The van der Waals surface area contributed by atoms with Crippen molar-refractivity contribution in [3.63, 3.8) is 0 Å². The molecule has 0 bridgehead atoms. The Hall–Kier alpha value is -1.14. The number of aryl methyl sites for hydroxylation is 1. The molecule has 0 aliphatic carbocycles. The lowest BCUT2D eigenvalue weighted by Crippen LogP contribution is -2.54. The monoisotopic (exact) mass is 294 g/mol. The molecule has 110 valence electrons. The van der Waals surface area contributed by atoms with Crippen molar-refractivity contribution in [1.82, 2.24) is 10.3 Å². The number of aromatic nitrogens is 1. The summed E-state index contributed by atoms with van der Waals surface area (Å²) in [6, 6.07) is 0.411. The van der Waals surface area contributed by atoms with Crippen LogP contribution in [0.25, 0.3) is 0 Å². The molecular formula is C14H22N4OS. The maximum absolute atomic E-state index is 11.4. The standard InChI is InChI=1S/C14H22N4OS/c1-8(15)13-9(2)16-14(20-13)18-6-5-11-10(7-18)3-4-12(19)17-11/h8,10-11H,3-7,15H2,1-2H3,(H,17,19). The van der Waals surface area contributed by atoms with Crippen molar-refractivity contribution in [2.45, 2.75) is 45.2 Å². The number of rotatable bonds is 2. The highest BCUT2D eigenvalue weighted by Gasteiger charge is 2.34. The number of fused-ring (bicyclic) bond motifs is 1. The van der Waals surface area contributed by atoms with E-state index in [9.17, 15) is 4.79 Å². The highest BCUT2D eigenvalue weighted by Crippen LogP contribution is 2.34. The fourth-order valence-electron chi connectivity index (χ4n) is 3.24. The number of hydrogen-bond acceptors (Lipinski definition) is 5. The first-order chi connectivity index (χ1) is 9.54. The van der Waals surface area contributed by atoms with Gasteiger partial charge in [0.15, 0.2) is 5.13 Å². The lowest BCUT2D eigenvalue weighted by molar-refractivity contribution is -0.124. The maximum Gasteiger partial charge on any atom is 0.220 e. The molecule has 0 aromatic carbocycles. The van der Waals surface area contributed by atoms with Crippen LogP contribution in [0.5, 0.6) is 0 Å². The van der Waals surface area contributed by atoms with E-state index >= 15 is 0 Å². The maximum atomic E-state index is 11.4. The number of anilines is 1. The third-order valence-electron chi connectivity index (χ3n) is 4.33. The smallest absolute Gasteiger partial charge is 0.220 e. The number of nitrogens with one attached hydrogen (secondary N) is 1. The molecule has 3 rings (SSSR count). The molecule has 0 spiro atoms. The molecule has 1 aromatic rings. The first-order valence-electron chi connectivity index (χ1n) is 7.32. The van der Waals surface area contributed by atoms with E-state index in [1.807, 2.05) is 13.8 Å². The van der Waals surface area contributed by atoms with Crippen LogP contribution in [0.2, 0.25) is 0 Å². The number of carbonyl (C=O) groups is 1. The van der Waals surface area contributed by atoms with Gasteiger partial charge in [0.05, 0.1) is 5.69 Å². The first-order valence-corrected chi connectivity index (χ1v) is 8.13.